The molecule has 4 amide bonds. The fourth-order valence-electron chi connectivity index (χ4n) is 5.69. The highest BCUT2D eigenvalue weighted by atomic mass is 19.1. The smallest absolute Gasteiger partial charge is 0.415 e. The topological polar surface area (TPSA) is 162 Å². The second-order valence-corrected chi connectivity index (χ2v) is 14.5. The Labute approximate surface area is 289 Å². The molecular weight excluding hydrogens is 651 g/mol. The van der Waals surface area contributed by atoms with E-state index in [1.807, 2.05) is 0 Å². The molecule has 0 saturated heterocycles. The van der Waals surface area contributed by atoms with Crippen molar-refractivity contribution < 1.29 is 42.5 Å². The summed E-state index contributed by atoms with van der Waals surface area (Å²) >= 11 is 0. The molecule has 15 heteroatoms. The molecule has 0 spiro atoms. The van der Waals surface area contributed by atoms with Crippen LogP contribution in [-0.4, -0.2) is 83.6 Å². The van der Waals surface area contributed by atoms with Crippen LogP contribution >= 0.6 is 0 Å². The van der Waals surface area contributed by atoms with E-state index in [0.717, 1.165) is 0 Å². The standard InChI is InChI=1S/C35H43FN6O8/c1-18-23(16-38-29-28(18)42(10-11-47-29)33(46)50-35(5,6)7)22-14-19-15-25(39-31(44)48-21-12-20(13-21)30(43)41(8)9)37-17-24(19)27(26(22)36)40-32(45)49-34(2,3)4/h14-17,20-21H,10-13H2,1-9H3,(H,40,45)(H,37,39,44)/t20-,21+. The number of hydrogen-bond donors (Lipinski definition) is 2. The molecule has 0 unspecified atom stereocenters. The summed E-state index contributed by atoms with van der Waals surface area (Å²) in [7, 11) is 3.35. The Hall–Kier alpha value is -5.21. The van der Waals surface area contributed by atoms with Gasteiger partial charge in [-0.25, -0.2) is 28.7 Å². The molecule has 1 saturated carbocycles. The van der Waals surface area contributed by atoms with Crippen LogP contribution in [-0.2, 0) is 19.0 Å². The summed E-state index contributed by atoms with van der Waals surface area (Å²) in [5.41, 5.74) is -0.688. The van der Waals surface area contributed by atoms with Crippen LogP contribution in [0, 0.1) is 18.7 Å². The molecule has 5 rings (SSSR count). The predicted octanol–water partition coefficient (Wildman–Crippen LogP) is 6.64. The second kappa shape index (κ2) is 13.6. The second-order valence-electron chi connectivity index (χ2n) is 14.5. The number of halogens is 1. The number of hydrogen-bond acceptors (Lipinski definition) is 10. The van der Waals surface area contributed by atoms with Crippen molar-refractivity contribution in [1.29, 1.82) is 0 Å². The molecule has 0 atom stereocenters. The van der Waals surface area contributed by atoms with E-state index in [1.54, 1.807) is 62.6 Å². The van der Waals surface area contributed by atoms with E-state index in [4.69, 9.17) is 18.9 Å². The quantitative estimate of drug-likeness (QED) is 0.277. The highest BCUT2D eigenvalue weighted by Crippen LogP contribution is 2.43. The highest BCUT2D eigenvalue weighted by molar-refractivity contribution is 6.05. The minimum atomic E-state index is -0.892. The molecule has 1 fully saturated rings. The first-order valence-corrected chi connectivity index (χ1v) is 16.3. The van der Waals surface area contributed by atoms with Crippen molar-refractivity contribution in [2.24, 2.45) is 5.92 Å². The Morgan fingerprint density at radius 1 is 0.940 bits per heavy atom. The Morgan fingerprint density at radius 3 is 2.26 bits per heavy atom. The van der Waals surface area contributed by atoms with E-state index in [1.165, 1.54) is 34.3 Å². The molecule has 3 aromatic rings. The van der Waals surface area contributed by atoms with Gasteiger partial charge in [-0.05, 0) is 84.4 Å². The molecule has 2 aliphatic rings. The van der Waals surface area contributed by atoms with Crippen LogP contribution in [0.2, 0.25) is 0 Å². The van der Waals surface area contributed by atoms with Crippen molar-refractivity contribution >= 4 is 52.2 Å². The van der Waals surface area contributed by atoms with E-state index in [2.05, 4.69) is 20.6 Å². The van der Waals surface area contributed by atoms with E-state index in [-0.39, 0.29) is 53.3 Å². The molecule has 268 valence electrons. The molecule has 1 aliphatic heterocycles. The maximum atomic E-state index is 16.6. The van der Waals surface area contributed by atoms with E-state index < -0.39 is 41.4 Å². The number of anilines is 3. The van der Waals surface area contributed by atoms with Crippen LogP contribution in [0.1, 0.15) is 59.9 Å². The van der Waals surface area contributed by atoms with Crippen LogP contribution in [0.5, 0.6) is 5.88 Å². The van der Waals surface area contributed by atoms with Crippen molar-refractivity contribution in [2.75, 3.05) is 42.8 Å². The first-order valence-electron chi connectivity index (χ1n) is 16.3. The third-order valence-electron chi connectivity index (χ3n) is 7.98. The molecular formula is C35H43FN6O8. The number of benzene rings is 1. The summed E-state index contributed by atoms with van der Waals surface area (Å²) in [5.74, 6) is -0.727. The number of nitrogens with zero attached hydrogens (tertiary/aromatic N) is 4. The van der Waals surface area contributed by atoms with Gasteiger partial charge in [-0.2, -0.15) is 0 Å². The van der Waals surface area contributed by atoms with Gasteiger partial charge in [0.1, 0.15) is 35.4 Å². The number of fused-ring (bicyclic) bond motifs is 2. The number of rotatable bonds is 5. The first-order chi connectivity index (χ1) is 23.3. The Balaban J connectivity index is 1.52. The van der Waals surface area contributed by atoms with Crippen LogP contribution in [0.4, 0.5) is 36.0 Å². The van der Waals surface area contributed by atoms with Gasteiger partial charge in [0.25, 0.3) is 0 Å². The maximum absolute atomic E-state index is 16.6. The minimum absolute atomic E-state index is 0.0188. The van der Waals surface area contributed by atoms with Gasteiger partial charge < -0.3 is 23.8 Å². The zero-order valence-corrected chi connectivity index (χ0v) is 29.7. The lowest BCUT2D eigenvalue weighted by Crippen LogP contribution is -2.43. The Morgan fingerprint density at radius 2 is 1.62 bits per heavy atom. The minimum Gasteiger partial charge on any atom is -0.474 e. The van der Waals surface area contributed by atoms with Crippen molar-refractivity contribution in [3.63, 3.8) is 0 Å². The van der Waals surface area contributed by atoms with E-state index in [0.29, 0.717) is 35.0 Å². The summed E-state index contributed by atoms with van der Waals surface area (Å²) in [6.07, 6.45) is 0.907. The molecule has 0 radical (unpaired) electrons. The number of ether oxygens (including phenoxy) is 4. The summed E-state index contributed by atoms with van der Waals surface area (Å²) in [6.45, 7) is 12.4. The molecule has 50 heavy (non-hydrogen) atoms. The lowest BCUT2D eigenvalue weighted by molar-refractivity contribution is -0.139. The van der Waals surface area contributed by atoms with E-state index in [9.17, 15) is 19.2 Å². The van der Waals surface area contributed by atoms with Crippen LogP contribution in [0.3, 0.4) is 0 Å². The number of amides is 4. The Kier molecular flexibility index (Phi) is 9.81. The number of nitrogens with one attached hydrogen (secondary N) is 2. The van der Waals surface area contributed by atoms with Gasteiger partial charge in [-0.15, -0.1) is 0 Å². The SMILES string of the molecule is Cc1c(-c2cc3cc(NC(=O)O[C@H]4C[C@@H](C(=O)N(C)C)C4)ncc3c(NC(=O)OC(C)(C)C)c2F)cnc2c1N(C(=O)OC(C)(C)C)CCO2. The maximum Gasteiger partial charge on any atom is 0.415 e. The first kappa shape index (κ1) is 36.1. The largest absolute Gasteiger partial charge is 0.474 e. The van der Waals surface area contributed by atoms with Gasteiger partial charge in [0, 0.05) is 48.9 Å². The Bertz CT molecular complexity index is 1850. The highest BCUT2D eigenvalue weighted by Gasteiger charge is 2.38. The zero-order valence-electron chi connectivity index (χ0n) is 29.7. The van der Waals surface area contributed by atoms with Crippen molar-refractivity contribution in [3.8, 4) is 17.0 Å². The van der Waals surface area contributed by atoms with Crippen molar-refractivity contribution in [2.45, 2.75) is 78.6 Å². The molecule has 14 nitrogen and oxygen atoms in total. The monoisotopic (exact) mass is 694 g/mol. The van der Waals surface area contributed by atoms with Gasteiger partial charge >= 0.3 is 18.3 Å². The van der Waals surface area contributed by atoms with Crippen molar-refractivity contribution in [1.82, 2.24) is 14.9 Å². The third kappa shape index (κ3) is 7.98. The van der Waals surface area contributed by atoms with Gasteiger partial charge in [-0.3, -0.25) is 20.3 Å². The lowest BCUT2D eigenvalue weighted by Gasteiger charge is -2.34. The predicted molar refractivity (Wildman–Crippen MR) is 184 cm³/mol. The molecule has 1 aromatic carbocycles. The van der Waals surface area contributed by atoms with Gasteiger partial charge in [0.2, 0.25) is 11.8 Å². The average molecular weight is 695 g/mol. The number of pyridine rings is 2. The summed E-state index contributed by atoms with van der Waals surface area (Å²) < 4.78 is 38.9. The molecule has 2 N–H and O–H groups in total. The summed E-state index contributed by atoms with van der Waals surface area (Å²) in [6, 6.07) is 3.04. The number of carbonyl (C=O) groups excluding carboxylic acids is 4. The summed E-state index contributed by atoms with van der Waals surface area (Å²) in [4.78, 5) is 62.6. The molecule has 3 heterocycles. The summed E-state index contributed by atoms with van der Waals surface area (Å²) in [5, 5.41) is 5.75. The van der Waals surface area contributed by atoms with E-state index >= 15 is 4.39 Å². The van der Waals surface area contributed by atoms with Crippen LogP contribution in [0.25, 0.3) is 21.9 Å². The molecule has 1 aliphatic carbocycles. The van der Waals surface area contributed by atoms with Gasteiger partial charge in [0.05, 0.1) is 12.2 Å². The van der Waals surface area contributed by atoms with Crippen LogP contribution < -0.4 is 20.3 Å². The third-order valence-corrected chi connectivity index (χ3v) is 7.98. The van der Waals surface area contributed by atoms with Gasteiger partial charge in [0.15, 0.2) is 5.82 Å². The fraction of sp³-hybridized carbons (Fsp3) is 0.486. The molecule has 2 aromatic heterocycles. The van der Waals surface area contributed by atoms with Crippen LogP contribution in [0.15, 0.2) is 24.5 Å². The van der Waals surface area contributed by atoms with Gasteiger partial charge in [-0.1, -0.05) is 0 Å². The average Bonchev–Trinajstić information content (AvgIpc) is 2.98. The number of carbonyl (C=O) groups is 4. The fourth-order valence-corrected chi connectivity index (χ4v) is 5.69. The lowest BCUT2D eigenvalue weighted by atomic mass is 9.81. The van der Waals surface area contributed by atoms with Crippen molar-refractivity contribution in [3.05, 3.63) is 35.9 Å². The normalized spacial score (nSPS) is 17.1. The number of aromatic nitrogens is 2. The zero-order chi connectivity index (χ0) is 36.7. The molecule has 0 bridgehead atoms.